The summed E-state index contributed by atoms with van der Waals surface area (Å²) in [7, 11) is 4.70. The van der Waals surface area contributed by atoms with Crippen molar-refractivity contribution in [1.82, 2.24) is 0 Å². The summed E-state index contributed by atoms with van der Waals surface area (Å²) in [5.41, 5.74) is 1.84. The summed E-state index contributed by atoms with van der Waals surface area (Å²) >= 11 is 1.26. The number of fused-ring (bicyclic) bond motifs is 1. The number of carbonyl (C=O) groups is 1. The van der Waals surface area contributed by atoms with Gasteiger partial charge in [0, 0.05) is 4.70 Å². The van der Waals surface area contributed by atoms with Gasteiger partial charge in [0.25, 0.3) is 0 Å². The Hall–Kier alpha value is -2.73. The maximum absolute atomic E-state index is 11.1. The molecule has 3 aromatic rings. The molecular weight excluding hydrogens is 328 g/mol. The van der Waals surface area contributed by atoms with Crippen LogP contribution in [0.2, 0.25) is 0 Å². The van der Waals surface area contributed by atoms with Crippen molar-refractivity contribution in [3.8, 4) is 28.4 Å². The van der Waals surface area contributed by atoms with Crippen LogP contribution < -0.4 is 14.2 Å². The predicted octanol–water partition coefficient (Wildman–Crippen LogP) is 4.29. The second-order valence-corrected chi connectivity index (χ2v) is 6.17. The number of rotatable bonds is 5. The van der Waals surface area contributed by atoms with Gasteiger partial charge in [-0.1, -0.05) is 6.07 Å². The van der Waals surface area contributed by atoms with Crippen molar-refractivity contribution < 1.29 is 24.1 Å². The normalized spacial score (nSPS) is 10.6. The molecule has 0 unspecified atom stereocenters. The second kappa shape index (κ2) is 6.41. The minimum atomic E-state index is -0.912. The van der Waals surface area contributed by atoms with E-state index < -0.39 is 5.97 Å². The van der Waals surface area contributed by atoms with E-state index in [4.69, 9.17) is 19.3 Å². The van der Waals surface area contributed by atoms with E-state index in [0.29, 0.717) is 22.1 Å². The van der Waals surface area contributed by atoms with Crippen molar-refractivity contribution in [2.75, 3.05) is 21.3 Å². The minimum Gasteiger partial charge on any atom is -0.493 e. The molecule has 0 fully saturated rings. The summed E-state index contributed by atoms with van der Waals surface area (Å²) in [6.07, 6.45) is 0. The van der Waals surface area contributed by atoms with E-state index in [9.17, 15) is 4.79 Å². The van der Waals surface area contributed by atoms with Crippen LogP contribution in [-0.4, -0.2) is 32.4 Å². The molecule has 6 heteroatoms. The Balaban J connectivity index is 2.14. The van der Waals surface area contributed by atoms with Gasteiger partial charge in [0.1, 0.15) is 4.88 Å². The van der Waals surface area contributed by atoms with E-state index >= 15 is 0 Å². The van der Waals surface area contributed by atoms with Gasteiger partial charge in [0.2, 0.25) is 5.75 Å². The molecule has 0 aliphatic carbocycles. The van der Waals surface area contributed by atoms with Crippen LogP contribution in [0.5, 0.6) is 17.2 Å². The molecule has 24 heavy (non-hydrogen) atoms. The molecule has 1 aromatic heterocycles. The SMILES string of the molecule is COc1cc(-c2ccc3sc(C(=O)O)cc3c2)cc(OC)c1OC. The van der Waals surface area contributed by atoms with Crippen LogP contribution in [0.25, 0.3) is 21.2 Å². The lowest BCUT2D eigenvalue weighted by Gasteiger charge is -2.14. The van der Waals surface area contributed by atoms with E-state index in [2.05, 4.69) is 0 Å². The number of carboxylic acids is 1. The topological polar surface area (TPSA) is 65.0 Å². The van der Waals surface area contributed by atoms with Crippen LogP contribution in [-0.2, 0) is 0 Å². The number of aromatic carboxylic acids is 1. The largest absolute Gasteiger partial charge is 0.493 e. The highest BCUT2D eigenvalue weighted by molar-refractivity contribution is 7.20. The summed E-state index contributed by atoms with van der Waals surface area (Å²) in [4.78, 5) is 11.5. The number of benzene rings is 2. The molecule has 5 nitrogen and oxygen atoms in total. The van der Waals surface area contributed by atoms with Gasteiger partial charge >= 0.3 is 5.97 Å². The van der Waals surface area contributed by atoms with E-state index in [-0.39, 0.29) is 0 Å². The molecule has 0 radical (unpaired) electrons. The van der Waals surface area contributed by atoms with E-state index in [1.165, 1.54) is 11.3 Å². The van der Waals surface area contributed by atoms with Crippen LogP contribution in [0, 0.1) is 0 Å². The van der Waals surface area contributed by atoms with Gasteiger partial charge in [-0.05, 0) is 46.8 Å². The molecule has 0 spiro atoms. The minimum absolute atomic E-state index is 0.326. The molecule has 2 aromatic carbocycles. The zero-order valence-electron chi connectivity index (χ0n) is 13.5. The fourth-order valence-corrected chi connectivity index (χ4v) is 3.46. The Morgan fingerprint density at radius 2 is 1.58 bits per heavy atom. The van der Waals surface area contributed by atoms with Crippen LogP contribution in [0.1, 0.15) is 9.67 Å². The summed E-state index contributed by atoms with van der Waals surface area (Å²) in [5, 5.41) is 10.0. The number of carboxylic acid groups (broad SMARTS) is 1. The van der Waals surface area contributed by atoms with Crippen LogP contribution in [0.15, 0.2) is 36.4 Å². The zero-order chi connectivity index (χ0) is 17.3. The number of thiophene rings is 1. The van der Waals surface area contributed by atoms with Crippen molar-refractivity contribution in [3.63, 3.8) is 0 Å². The Morgan fingerprint density at radius 3 is 2.12 bits per heavy atom. The smallest absolute Gasteiger partial charge is 0.345 e. The lowest BCUT2D eigenvalue weighted by atomic mass is 10.0. The fraction of sp³-hybridized carbons (Fsp3) is 0.167. The predicted molar refractivity (Wildman–Crippen MR) is 93.9 cm³/mol. The van der Waals surface area contributed by atoms with Crippen molar-refractivity contribution in [2.45, 2.75) is 0 Å². The highest BCUT2D eigenvalue weighted by Gasteiger charge is 2.15. The van der Waals surface area contributed by atoms with Gasteiger partial charge in [0.15, 0.2) is 11.5 Å². The first kappa shape index (κ1) is 16.1. The van der Waals surface area contributed by atoms with Crippen molar-refractivity contribution in [2.24, 2.45) is 0 Å². The third kappa shape index (κ3) is 2.76. The third-order valence-corrected chi connectivity index (χ3v) is 4.83. The van der Waals surface area contributed by atoms with Crippen LogP contribution >= 0.6 is 11.3 Å². The highest BCUT2D eigenvalue weighted by Crippen LogP contribution is 2.42. The van der Waals surface area contributed by atoms with Gasteiger partial charge in [-0.3, -0.25) is 0 Å². The fourth-order valence-electron chi connectivity index (χ4n) is 2.58. The number of hydrogen-bond acceptors (Lipinski definition) is 5. The maximum Gasteiger partial charge on any atom is 0.345 e. The highest BCUT2D eigenvalue weighted by atomic mass is 32.1. The van der Waals surface area contributed by atoms with Gasteiger partial charge in [0.05, 0.1) is 21.3 Å². The van der Waals surface area contributed by atoms with Crippen molar-refractivity contribution in [1.29, 1.82) is 0 Å². The molecule has 1 heterocycles. The molecule has 0 atom stereocenters. The number of methoxy groups -OCH3 is 3. The summed E-state index contributed by atoms with van der Waals surface area (Å²) in [6.45, 7) is 0. The van der Waals surface area contributed by atoms with E-state index in [1.807, 2.05) is 30.3 Å². The van der Waals surface area contributed by atoms with E-state index in [0.717, 1.165) is 21.2 Å². The molecule has 0 bridgehead atoms. The first-order valence-electron chi connectivity index (χ1n) is 7.14. The maximum atomic E-state index is 11.1. The monoisotopic (exact) mass is 344 g/mol. The lowest BCUT2D eigenvalue weighted by molar-refractivity contribution is 0.0702. The average molecular weight is 344 g/mol. The number of ether oxygens (including phenoxy) is 3. The summed E-state index contributed by atoms with van der Waals surface area (Å²) in [6, 6.07) is 11.2. The second-order valence-electron chi connectivity index (χ2n) is 5.08. The third-order valence-electron chi connectivity index (χ3n) is 3.73. The van der Waals surface area contributed by atoms with Crippen molar-refractivity contribution >= 4 is 27.4 Å². The molecule has 1 N–H and O–H groups in total. The summed E-state index contributed by atoms with van der Waals surface area (Å²) in [5.74, 6) is 0.769. The van der Waals surface area contributed by atoms with Crippen LogP contribution in [0.3, 0.4) is 0 Å². The molecular formula is C18H16O5S. The Labute approximate surface area is 143 Å². The van der Waals surface area contributed by atoms with Gasteiger partial charge in [-0.2, -0.15) is 0 Å². The molecule has 0 saturated carbocycles. The Morgan fingerprint density at radius 1 is 0.917 bits per heavy atom. The zero-order valence-corrected chi connectivity index (χ0v) is 14.3. The van der Waals surface area contributed by atoms with Gasteiger partial charge in [-0.25, -0.2) is 4.79 Å². The van der Waals surface area contributed by atoms with E-state index in [1.54, 1.807) is 27.4 Å². The average Bonchev–Trinajstić information content (AvgIpc) is 3.03. The molecule has 3 rings (SSSR count). The standard InChI is InChI=1S/C18H16O5S/c1-21-13-7-11(8-14(22-2)17(13)23-3)10-4-5-15-12(6-10)9-16(24-15)18(19)20/h4-9H,1-3H3,(H,19,20). The number of hydrogen-bond donors (Lipinski definition) is 1. The first-order valence-corrected chi connectivity index (χ1v) is 7.96. The van der Waals surface area contributed by atoms with Crippen LogP contribution in [0.4, 0.5) is 0 Å². The van der Waals surface area contributed by atoms with Crippen molar-refractivity contribution in [3.05, 3.63) is 41.3 Å². The molecule has 0 aliphatic rings. The Bertz CT molecular complexity index is 888. The van der Waals surface area contributed by atoms with Gasteiger partial charge in [-0.15, -0.1) is 11.3 Å². The lowest BCUT2D eigenvalue weighted by Crippen LogP contribution is -1.95. The molecule has 0 saturated heterocycles. The molecule has 0 amide bonds. The summed E-state index contributed by atoms with van der Waals surface area (Å²) < 4.78 is 17.0. The first-order chi connectivity index (χ1) is 11.6. The quantitative estimate of drug-likeness (QED) is 0.748. The molecule has 0 aliphatic heterocycles. The van der Waals surface area contributed by atoms with Gasteiger partial charge < -0.3 is 19.3 Å². The Kier molecular flexibility index (Phi) is 4.31. The molecule has 124 valence electrons.